The Bertz CT molecular complexity index is 370. The second-order valence-electron chi connectivity index (χ2n) is 5.77. The van der Waals surface area contributed by atoms with Crippen LogP contribution in [-0.4, -0.2) is 6.04 Å². The van der Waals surface area contributed by atoms with Crippen molar-refractivity contribution in [3.8, 4) is 0 Å². The number of hydrogen-bond donors (Lipinski definition) is 1. The molecular formula is C14H18BrN. The summed E-state index contributed by atoms with van der Waals surface area (Å²) >= 11 is 3.47. The molecular weight excluding hydrogens is 262 g/mol. The lowest BCUT2D eigenvalue weighted by molar-refractivity contribution is -0.0384. The van der Waals surface area contributed by atoms with Gasteiger partial charge in [-0.3, -0.25) is 0 Å². The zero-order chi connectivity index (χ0) is 11.2. The Labute approximate surface area is 106 Å². The molecule has 1 spiro atoms. The Morgan fingerprint density at radius 1 is 1.12 bits per heavy atom. The highest BCUT2D eigenvalue weighted by Gasteiger charge is 2.51. The second kappa shape index (κ2) is 3.85. The summed E-state index contributed by atoms with van der Waals surface area (Å²) in [6.45, 7) is 0. The molecule has 0 saturated heterocycles. The van der Waals surface area contributed by atoms with Gasteiger partial charge in [0.2, 0.25) is 0 Å². The van der Waals surface area contributed by atoms with Crippen molar-refractivity contribution in [2.45, 2.75) is 38.1 Å². The topological polar surface area (TPSA) is 26.0 Å². The van der Waals surface area contributed by atoms with Gasteiger partial charge in [-0.25, -0.2) is 0 Å². The third-order valence-electron chi connectivity index (χ3n) is 4.27. The van der Waals surface area contributed by atoms with E-state index in [2.05, 4.69) is 40.2 Å². The van der Waals surface area contributed by atoms with Crippen molar-refractivity contribution in [3.05, 3.63) is 34.3 Å². The molecule has 1 nitrogen and oxygen atoms in total. The van der Waals surface area contributed by atoms with E-state index < -0.39 is 0 Å². The maximum atomic E-state index is 5.87. The predicted molar refractivity (Wildman–Crippen MR) is 70.2 cm³/mol. The minimum absolute atomic E-state index is 0.508. The van der Waals surface area contributed by atoms with E-state index in [1.807, 2.05) is 0 Å². The molecule has 3 rings (SSSR count). The van der Waals surface area contributed by atoms with Crippen LogP contribution in [0.1, 0.15) is 31.2 Å². The lowest BCUT2D eigenvalue weighted by Crippen LogP contribution is -2.53. The van der Waals surface area contributed by atoms with Crippen LogP contribution >= 0.6 is 15.9 Å². The summed E-state index contributed by atoms with van der Waals surface area (Å²) in [6.07, 6.45) is 6.64. The van der Waals surface area contributed by atoms with E-state index in [1.54, 1.807) is 0 Å². The van der Waals surface area contributed by atoms with Crippen molar-refractivity contribution < 1.29 is 0 Å². The molecule has 0 aromatic heterocycles. The van der Waals surface area contributed by atoms with Gasteiger partial charge in [0.1, 0.15) is 0 Å². The molecule has 2 saturated carbocycles. The summed E-state index contributed by atoms with van der Waals surface area (Å²) in [4.78, 5) is 0. The fourth-order valence-electron chi connectivity index (χ4n) is 3.65. The number of rotatable bonds is 2. The zero-order valence-corrected chi connectivity index (χ0v) is 11.0. The third kappa shape index (κ3) is 1.93. The van der Waals surface area contributed by atoms with Crippen molar-refractivity contribution in [2.75, 3.05) is 0 Å². The number of hydrogen-bond acceptors (Lipinski definition) is 1. The standard InChI is InChI=1S/C14H18BrN/c15-12-3-1-10(2-4-12)5-11-6-14(7-11)8-13(16)9-14/h1-4,11,13H,5-9,16H2. The molecule has 0 unspecified atom stereocenters. The highest BCUT2D eigenvalue weighted by atomic mass is 79.9. The Morgan fingerprint density at radius 2 is 1.75 bits per heavy atom. The monoisotopic (exact) mass is 279 g/mol. The third-order valence-corrected chi connectivity index (χ3v) is 4.80. The molecule has 86 valence electrons. The first kappa shape index (κ1) is 10.8. The highest BCUT2D eigenvalue weighted by molar-refractivity contribution is 9.10. The fraction of sp³-hybridized carbons (Fsp3) is 0.571. The molecule has 16 heavy (non-hydrogen) atoms. The van der Waals surface area contributed by atoms with Gasteiger partial charge in [0.15, 0.2) is 0 Å². The van der Waals surface area contributed by atoms with E-state index in [4.69, 9.17) is 5.73 Å². The maximum absolute atomic E-state index is 5.87. The second-order valence-corrected chi connectivity index (χ2v) is 6.69. The van der Waals surface area contributed by atoms with Crippen LogP contribution in [0.15, 0.2) is 28.7 Å². The smallest absolute Gasteiger partial charge is 0.0175 e. The van der Waals surface area contributed by atoms with E-state index in [0.29, 0.717) is 11.5 Å². The van der Waals surface area contributed by atoms with Gasteiger partial charge in [0.25, 0.3) is 0 Å². The average molecular weight is 280 g/mol. The van der Waals surface area contributed by atoms with Crippen LogP contribution in [0.5, 0.6) is 0 Å². The summed E-state index contributed by atoms with van der Waals surface area (Å²) in [7, 11) is 0. The summed E-state index contributed by atoms with van der Waals surface area (Å²) in [5.41, 5.74) is 8.03. The predicted octanol–water partition coefficient (Wildman–Crippen LogP) is 3.51. The Morgan fingerprint density at radius 3 is 2.31 bits per heavy atom. The summed E-state index contributed by atoms with van der Waals surface area (Å²) in [5.74, 6) is 0.911. The highest BCUT2D eigenvalue weighted by Crippen LogP contribution is 2.58. The molecule has 0 radical (unpaired) electrons. The van der Waals surface area contributed by atoms with Crippen LogP contribution in [0.2, 0.25) is 0 Å². The molecule has 0 bridgehead atoms. The van der Waals surface area contributed by atoms with Crippen LogP contribution in [0.4, 0.5) is 0 Å². The van der Waals surface area contributed by atoms with Crippen molar-refractivity contribution in [2.24, 2.45) is 17.1 Å². The van der Waals surface area contributed by atoms with Crippen molar-refractivity contribution in [1.29, 1.82) is 0 Å². The molecule has 1 aromatic rings. The molecule has 2 heteroatoms. The molecule has 0 atom stereocenters. The van der Waals surface area contributed by atoms with Crippen LogP contribution in [0, 0.1) is 11.3 Å². The summed E-state index contributed by atoms with van der Waals surface area (Å²) in [6, 6.07) is 9.27. The van der Waals surface area contributed by atoms with Gasteiger partial charge in [0, 0.05) is 10.5 Å². The van der Waals surface area contributed by atoms with Crippen LogP contribution in [0.25, 0.3) is 0 Å². The lowest BCUT2D eigenvalue weighted by atomic mass is 9.49. The number of nitrogens with two attached hydrogens (primary N) is 1. The first-order valence-electron chi connectivity index (χ1n) is 6.15. The van der Waals surface area contributed by atoms with Crippen molar-refractivity contribution in [3.63, 3.8) is 0 Å². The summed E-state index contributed by atoms with van der Waals surface area (Å²) in [5, 5.41) is 0. The molecule has 2 aliphatic carbocycles. The van der Waals surface area contributed by atoms with Crippen molar-refractivity contribution in [1.82, 2.24) is 0 Å². The maximum Gasteiger partial charge on any atom is 0.0175 e. The van der Waals surface area contributed by atoms with Gasteiger partial charge in [0.05, 0.1) is 0 Å². The van der Waals surface area contributed by atoms with Crippen LogP contribution in [-0.2, 0) is 6.42 Å². The van der Waals surface area contributed by atoms with Gasteiger partial charge >= 0.3 is 0 Å². The van der Waals surface area contributed by atoms with E-state index in [9.17, 15) is 0 Å². The SMILES string of the molecule is NC1CC2(C1)CC(Cc1ccc(Br)cc1)C2. The normalized spacial score (nSPS) is 36.9. The van der Waals surface area contributed by atoms with Crippen LogP contribution < -0.4 is 5.73 Å². The summed E-state index contributed by atoms with van der Waals surface area (Å²) < 4.78 is 1.17. The van der Waals surface area contributed by atoms with E-state index >= 15 is 0 Å². The van der Waals surface area contributed by atoms with Gasteiger partial charge in [-0.15, -0.1) is 0 Å². The Kier molecular flexibility index (Phi) is 2.60. The lowest BCUT2D eigenvalue weighted by Gasteiger charge is -2.57. The van der Waals surface area contributed by atoms with E-state index in [1.165, 1.54) is 42.1 Å². The molecule has 0 amide bonds. The quantitative estimate of drug-likeness (QED) is 0.881. The number of halogens is 1. The first-order chi connectivity index (χ1) is 7.65. The molecule has 2 fully saturated rings. The van der Waals surface area contributed by atoms with Gasteiger partial charge < -0.3 is 5.73 Å². The average Bonchev–Trinajstić information content (AvgIpc) is 2.16. The minimum atomic E-state index is 0.508. The largest absolute Gasteiger partial charge is 0.328 e. The van der Waals surface area contributed by atoms with Crippen molar-refractivity contribution >= 4 is 15.9 Å². The molecule has 2 aliphatic rings. The molecule has 0 heterocycles. The fourth-order valence-corrected chi connectivity index (χ4v) is 3.91. The zero-order valence-electron chi connectivity index (χ0n) is 9.45. The van der Waals surface area contributed by atoms with E-state index in [-0.39, 0.29) is 0 Å². The van der Waals surface area contributed by atoms with Gasteiger partial charge in [-0.2, -0.15) is 0 Å². The molecule has 0 aliphatic heterocycles. The van der Waals surface area contributed by atoms with E-state index in [0.717, 1.165) is 5.92 Å². The minimum Gasteiger partial charge on any atom is -0.328 e. The van der Waals surface area contributed by atoms with Gasteiger partial charge in [-0.1, -0.05) is 28.1 Å². The number of benzene rings is 1. The Balaban J connectivity index is 1.53. The first-order valence-corrected chi connectivity index (χ1v) is 6.95. The van der Waals surface area contributed by atoms with Crippen LogP contribution in [0.3, 0.4) is 0 Å². The van der Waals surface area contributed by atoms with Gasteiger partial charge in [-0.05, 0) is 61.1 Å². The Hall–Kier alpha value is -0.340. The molecule has 1 aromatic carbocycles. The molecule has 2 N–H and O–H groups in total.